The molecule has 0 spiro atoms. The van der Waals surface area contributed by atoms with E-state index in [0.717, 1.165) is 11.1 Å². The van der Waals surface area contributed by atoms with Crippen LogP contribution in [0.2, 0.25) is 0 Å². The van der Waals surface area contributed by atoms with Crippen LogP contribution in [-0.2, 0) is 0 Å². The van der Waals surface area contributed by atoms with Gasteiger partial charge in [-0.1, -0.05) is 18.2 Å². The zero-order valence-corrected chi connectivity index (χ0v) is 14.7. The molecular weight excluding hydrogens is 326 g/mol. The van der Waals surface area contributed by atoms with Gasteiger partial charge >= 0.3 is 0 Å². The van der Waals surface area contributed by atoms with E-state index in [1.807, 2.05) is 37.4 Å². The molecule has 130 valence electrons. The van der Waals surface area contributed by atoms with E-state index in [1.165, 1.54) is 0 Å². The number of benzene rings is 1. The third kappa shape index (κ3) is 2.42. The third-order valence-electron chi connectivity index (χ3n) is 5.32. The maximum absolute atomic E-state index is 9.96. The minimum Gasteiger partial charge on any atom is -0.497 e. The number of hydrogen-bond donors (Lipinski definition) is 1. The first-order chi connectivity index (χ1) is 12.5. The number of likely N-dealkylation sites (N-methyl/N-ethyl adjacent to an activating group) is 1. The van der Waals surface area contributed by atoms with Gasteiger partial charge in [-0.25, -0.2) is 0 Å². The summed E-state index contributed by atoms with van der Waals surface area (Å²) in [6, 6.07) is 13.7. The molecule has 6 heteroatoms. The van der Waals surface area contributed by atoms with Gasteiger partial charge in [-0.3, -0.25) is 0 Å². The molecule has 3 rings (SSSR count). The molecule has 0 fully saturated rings. The average Bonchev–Trinajstić information content (AvgIpc) is 2.67. The number of fused-ring (bicyclic) bond motifs is 1. The Kier molecular flexibility index (Phi) is 4.43. The molecule has 2 atom stereocenters. The van der Waals surface area contributed by atoms with Crippen LogP contribution in [0.15, 0.2) is 47.2 Å². The molecule has 0 saturated carbocycles. The first-order valence-electron chi connectivity index (χ1n) is 8.28. The van der Waals surface area contributed by atoms with Gasteiger partial charge in [0.05, 0.1) is 30.5 Å². The van der Waals surface area contributed by atoms with Crippen molar-refractivity contribution >= 4 is 0 Å². The summed E-state index contributed by atoms with van der Waals surface area (Å²) in [5, 5.41) is 29.6. The fourth-order valence-corrected chi connectivity index (χ4v) is 4.01. The average molecular weight is 345 g/mol. The molecule has 0 radical (unpaired) electrons. The minimum atomic E-state index is -1.58. The normalized spacial score (nSPS) is 24.5. The van der Waals surface area contributed by atoms with Crippen LogP contribution in [0, 0.1) is 45.3 Å². The molecule has 0 aromatic heterocycles. The highest BCUT2D eigenvalue weighted by atomic mass is 16.5. The highest BCUT2D eigenvalue weighted by Crippen LogP contribution is 2.54. The van der Waals surface area contributed by atoms with E-state index >= 15 is 0 Å². The van der Waals surface area contributed by atoms with Gasteiger partial charge < -0.3 is 15.4 Å². The van der Waals surface area contributed by atoms with Gasteiger partial charge in [0.15, 0.2) is 5.41 Å². The highest BCUT2D eigenvalue weighted by molar-refractivity contribution is 5.59. The van der Waals surface area contributed by atoms with Gasteiger partial charge in [-0.2, -0.15) is 15.8 Å². The lowest BCUT2D eigenvalue weighted by atomic mass is 9.58. The van der Waals surface area contributed by atoms with E-state index < -0.39 is 11.3 Å². The molecule has 0 saturated heterocycles. The summed E-state index contributed by atoms with van der Waals surface area (Å²) in [5.41, 5.74) is 6.66. The van der Waals surface area contributed by atoms with Crippen LogP contribution >= 0.6 is 0 Å². The van der Waals surface area contributed by atoms with E-state index in [-0.39, 0.29) is 17.2 Å². The molecular formula is C20H19N5O. The Morgan fingerprint density at radius 2 is 1.85 bits per heavy atom. The molecule has 2 aliphatic rings. The van der Waals surface area contributed by atoms with Crippen molar-refractivity contribution < 1.29 is 4.74 Å². The van der Waals surface area contributed by atoms with Crippen molar-refractivity contribution in [2.75, 3.05) is 27.2 Å². The maximum Gasteiger partial charge on any atom is 0.191 e. The van der Waals surface area contributed by atoms with E-state index in [4.69, 9.17) is 10.5 Å². The van der Waals surface area contributed by atoms with Crippen molar-refractivity contribution in [3.8, 4) is 24.0 Å². The zero-order chi connectivity index (χ0) is 18.9. The predicted octanol–water partition coefficient (Wildman–Crippen LogP) is 2.05. The van der Waals surface area contributed by atoms with Gasteiger partial charge in [0, 0.05) is 24.9 Å². The zero-order valence-electron chi connectivity index (χ0n) is 14.7. The van der Waals surface area contributed by atoms with Crippen molar-refractivity contribution in [3.63, 3.8) is 0 Å². The van der Waals surface area contributed by atoms with Crippen LogP contribution < -0.4 is 10.5 Å². The number of ether oxygens (including phenoxy) is 1. The number of nitrogens with zero attached hydrogens (tertiary/aromatic N) is 4. The standard InChI is InChI=1S/C20H19N5O/c1-25-8-7-15-16(9-21)19(24)20(11-22,12-23)18(17(15)10-25)13-3-5-14(26-2)6-4-13/h3-7,17-18H,8,10,24H2,1-2H3. The van der Waals surface area contributed by atoms with Gasteiger partial charge in [0.1, 0.15) is 11.8 Å². The summed E-state index contributed by atoms with van der Waals surface area (Å²) >= 11 is 0. The molecule has 0 bridgehead atoms. The fourth-order valence-electron chi connectivity index (χ4n) is 4.01. The van der Waals surface area contributed by atoms with Gasteiger partial charge in [0.2, 0.25) is 0 Å². The van der Waals surface area contributed by atoms with E-state index in [1.54, 1.807) is 7.11 Å². The Hall–Kier alpha value is -3.27. The number of nitriles is 3. The highest BCUT2D eigenvalue weighted by Gasteiger charge is 2.54. The molecule has 1 aromatic carbocycles. The molecule has 1 aliphatic carbocycles. The van der Waals surface area contributed by atoms with Gasteiger partial charge in [-0.05, 0) is 30.3 Å². The molecule has 2 unspecified atom stereocenters. The second-order valence-corrected chi connectivity index (χ2v) is 6.67. The number of rotatable bonds is 2. The second-order valence-electron chi connectivity index (χ2n) is 6.67. The van der Waals surface area contributed by atoms with Crippen LogP contribution in [0.25, 0.3) is 0 Å². The summed E-state index contributed by atoms with van der Waals surface area (Å²) in [6.45, 7) is 1.35. The largest absolute Gasteiger partial charge is 0.497 e. The van der Waals surface area contributed by atoms with Crippen LogP contribution in [0.4, 0.5) is 0 Å². The molecule has 1 aliphatic heterocycles. The smallest absolute Gasteiger partial charge is 0.191 e. The Balaban J connectivity index is 2.28. The SMILES string of the molecule is COc1ccc(C2C3CN(C)CC=C3C(C#N)=C(N)C2(C#N)C#N)cc1. The van der Waals surface area contributed by atoms with Crippen molar-refractivity contribution in [2.24, 2.45) is 17.1 Å². The Labute approximate surface area is 153 Å². The first-order valence-corrected chi connectivity index (χ1v) is 8.28. The number of hydrogen-bond acceptors (Lipinski definition) is 6. The molecule has 1 heterocycles. The quantitative estimate of drug-likeness (QED) is 0.878. The van der Waals surface area contributed by atoms with Crippen LogP contribution in [-0.4, -0.2) is 32.1 Å². The van der Waals surface area contributed by atoms with Crippen LogP contribution in [0.1, 0.15) is 11.5 Å². The van der Waals surface area contributed by atoms with Crippen molar-refractivity contribution in [1.29, 1.82) is 15.8 Å². The van der Waals surface area contributed by atoms with Gasteiger partial charge in [0.25, 0.3) is 0 Å². The Bertz CT molecular complexity index is 893. The van der Waals surface area contributed by atoms with Crippen molar-refractivity contribution in [3.05, 3.63) is 52.7 Å². The summed E-state index contributed by atoms with van der Waals surface area (Å²) in [5.74, 6) is 0.0692. The van der Waals surface area contributed by atoms with Gasteiger partial charge in [-0.15, -0.1) is 0 Å². The molecule has 26 heavy (non-hydrogen) atoms. The van der Waals surface area contributed by atoms with E-state index in [0.29, 0.717) is 18.8 Å². The minimum absolute atomic E-state index is 0.0536. The summed E-state index contributed by atoms with van der Waals surface area (Å²) in [4.78, 5) is 2.11. The first kappa shape index (κ1) is 17.5. The monoisotopic (exact) mass is 345 g/mol. The third-order valence-corrected chi connectivity index (χ3v) is 5.32. The molecule has 1 aromatic rings. The second kappa shape index (κ2) is 6.56. The van der Waals surface area contributed by atoms with Crippen molar-refractivity contribution in [1.82, 2.24) is 4.90 Å². The lowest BCUT2D eigenvalue weighted by Crippen LogP contribution is -2.47. The summed E-state index contributed by atoms with van der Waals surface area (Å²) < 4.78 is 5.21. The molecule has 6 nitrogen and oxygen atoms in total. The van der Waals surface area contributed by atoms with E-state index in [9.17, 15) is 15.8 Å². The van der Waals surface area contributed by atoms with E-state index in [2.05, 4.69) is 23.1 Å². The number of methoxy groups -OCH3 is 1. The Morgan fingerprint density at radius 1 is 1.19 bits per heavy atom. The number of allylic oxidation sites excluding steroid dienone is 2. The molecule has 0 amide bonds. The lowest BCUT2D eigenvalue weighted by molar-refractivity contribution is 0.237. The predicted molar refractivity (Wildman–Crippen MR) is 95.3 cm³/mol. The molecule has 2 N–H and O–H groups in total. The van der Waals surface area contributed by atoms with Crippen molar-refractivity contribution in [2.45, 2.75) is 5.92 Å². The lowest BCUT2D eigenvalue weighted by Gasteiger charge is -2.45. The fraction of sp³-hybridized carbons (Fsp3) is 0.350. The topological polar surface area (TPSA) is 110 Å². The maximum atomic E-state index is 9.96. The van der Waals surface area contributed by atoms with Crippen LogP contribution in [0.3, 0.4) is 0 Å². The summed E-state index contributed by atoms with van der Waals surface area (Å²) in [6.07, 6.45) is 1.98. The number of nitrogens with two attached hydrogens (primary N) is 1. The Morgan fingerprint density at radius 3 is 2.38 bits per heavy atom. The summed E-state index contributed by atoms with van der Waals surface area (Å²) in [7, 11) is 3.56. The van der Waals surface area contributed by atoms with Crippen LogP contribution in [0.5, 0.6) is 5.75 Å².